The Labute approximate surface area is 124 Å². The summed E-state index contributed by atoms with van der Waals surface area (Å²) in [4.78, 5) is 11.3. The normalized spacial score (nSPS) is 16.2. The van der Waals surface area contributed by atoms with Crippen molar-refractivity contribution in [3.63, 3.8) is 0 Å². The van der Waals surface area contributed by atoms with E-state index >= 15 is 0 Å². The molecule has 0 unspecified atom stereocenters. The predicted molar refractivity (Wildman–Crippen MR) is 79.2 cm³/mol. The van der Waals surface area contributed by atoms with E-state index in [1.807, 2.05) is 6.92 Å². The Balaban J connectivity index is 2.10. The molecule has 1 aromatic rings. The van der Waals surface area contributed by atoms with Crippen molar-refractivity contribution in [3.05, 3.63) is 53.6 Å². The zero-order chi connectivity index (χ0) is 15.5. The van der Waals surface area contributed by atoms with Crippen LogP contribution >= 0.6 is 0 Å². The highest BCUT2D eigenvalue weighted by atomic mass is 32.2. The lowest BCUT2D eigenvalue weighted by molar-refractivity contribution is -0.134. The highest BCUT2D eigenvalue weighted by Gasteiger charge is 2.27. The summed E-state index contributed by atoms with van der Waals surface area (Å²) in [5.74, 6) is -0.462. The van der Waals surface area contributed by atoms with E-state index in [-0.39, 0.29) is 11.4 Å². The Morgan fingerprint density at radius 1 is 1.29 bits per heavy atom. The second kappa shape index (κ2) is 6.24. The minimum absolute atomic E-state index is 0.254. The summed E-state index contributed by atoms with van der Waals surface area (Å²) in [6, 6.07) is 6.75. The number of carbonyl (C=O) groups excluding carboxylic acids is 1. The van der Waals surface area contributed by atoms with Gasteiger partial charge in [-0.1, -0.05) is 29.8 Å². The van der Waals surface area contributed by atoms with Gasteiger partial charge in [-0.15, -0.1) is 0 Å². The van der Waals surface area contributed by atoms with Gasteiger partial charge in [-0.3, -0.25) is 0 Å². The molecule has 0 amide bonds. The number of hydrogen-bond acceptors (Lipinski definition) is 4. The van der Waals surface area contributed by atoms with Gasteiger partial charge in [0.2, 0.25) is 10.0 Å². The molecule has 0 aromatic heterocycles. The van der Waals surface area contributed by atoms with Gasteiger partial charge in [0.05, 0.1) is 12.0 Å². The SMILES string of the molecule is COC(=O)/C=C/C1=CCN(S(=O)(=O)c2ccc(C)cc2)C1. The summed E-state index contributed by atoms with van der Waals surface area (Å²) >= 11 is 0. The molecule has 2 rings (SSSR count). The van der Waals surface area contributed by atoms with Crippen LogP contribution in [0.3, 0.4) is 0 Å². The van der Waals surface area contributed by atoms with Gasteiger partial charge >= 0.3 is 5.97 Å². The summed E-state index contributed by atoms with van der Waals surface area (Å²) in [5.41, 5.74) is 1.78. The van der Waals surface area contributed by atoms with Crippen LogP contribution in [0.5, 0.6) is 0 Å². The maximum absolute atomic E-state index is 12.5. The predicted octanol–water partition coefficient (Wildman–Crippen LogP) is 1.65. The summed E-state index contributed by atoms with van der Waals surface area (Å²) in [7, 11) is -2.21. The summed E-state index contributed by atoms with van der Waals surface area (Å²) < 4.78 is 30.8. The Morgan fingerprint density at radius 2 is 1.95 bits per heavy atom. The molecule has 21 heavy (non-hydrogen) atoms. The maximum Gasteiger partial charge on any atom is 0.330 e. The number of esters is 1. The van der Waals surface area contributed by atoms with Crippen LogP contribution in [-0.4, -0.2) is 38.9 Å². The van der Waals surface area contributed by atoms with E-state index in [9.17, 15) is 13.2 Å². The zero-order valence-corrected chi connectivity index (χ0v) is 12.8. The second-order valence-corrected chi connectivity index (χ2v) is 6.68. The first-order chi connectivity index (χ1) is 9.93. The Kier molecular flexibility index (Phi) is 4.59. The van der Waals surface area contributed by atoms with Crippen LogP contribution in [0.4, 0.5) is 0 Å². The van der Waals surface area contributed by atoms with E-state index < -0.39 is 16.0 Å². The number of carbonyl (C=O) groups is 1. The molecule has 0 saturated carbocycles. The third-order valence-corrected chi connectivity index (χ3v) is 5.04. The molecular formula is C15H17NO4S. The molecule has 0 fully saturated rings. The van der Waals surface area contributed by atoms with Gasteiger partial charge in [-0.25, -0.2) is 13.2 Å². The lowest BCUT2D eigenvalue weighted by atomic mass is 10.2. The highest BCUT2D eigenvalue weighted by Crippen LogP contribution is 2.21. The third kappa shape index (κ3) is 3.59. The number of sulfonamides is 1. The van der Waals surface area contributed by atoms with E-state index in [1.54, 1.807) is 36.4 Å². The third-order valence-electron chi connectivity index (χ3n) is 3.21. The average molecular weight is 307 g/mol. The first-order valence-electron chi connectivity index (χ1n) is 6.45. The molecule has 112 valence electrons. The van der Waals surface area contributed by atoms with E-state index in [4.69, 9.17) is 0 Å². The number of methoxy groups -OCH3 is 1. The van der Waals surface area contributed by atoms with Gasteiger partial charge in [0, 0.05) is 19.2 Å². The molecule has 0 aliphatic carbocycles. The Hall–Kier alpha value is -1.92. The number of rotatable bonds is 4. The molecule has 0 atom stereocenters. The Morgan fingerprint density at radius 3 is 2.57 bits per heavy atom. The van der Waals surface area contributed by atoms with Crippen molar-refractivity contribution in [2.45, 2.75) is 11.8 Å². The number of nitrogens with zero attached hydrogens (tertiary/aromatic N) is 1. The van der Waals surface area contributed by atoms with Crippen LogP contribution in [0.15, 0.2) is 53.0 Å². The van der Waals surface area contributed by atoms with Crippen LogP contribution in [0.25, 0.3) is 0 Å². The minimum atomic E-state index is -3.50. The van der Waals surface area contributed by atoms with Crippen LogP contribution in [0.1, 0.15) is 5.56 Å². The fourth-order valence-electron chi connectivity index (χ4n) is 1.96. The molecular weight excluding hydrogens is 290 g/mol. The lowest BCUT2D eigenvalue weighted by Crippen LogP contribution is -2.29. The molecule has 5 nitrogen and oxygen atoms in total. The minimum Gasteiger partial charge on any atom is -0.466 e. The van der Waals surface area contributed by atoms with Gasteiger partial charge in [-0.05, 0) is 24.6 Å². The van der Waals surface area contributed by atoms with Crippen LogP contribution in [-0.2, 0) is 19.6 Å². The summed E-state index contributed by atoms with van der Waals surface area (Å²) in [5, 5.41) is 0. The van der Waals surface area contributed by atoms with Crippen LogP contribution < -0.4 is 0 Å². The second-order valence-electron chi connectivity index (χ2n) is 4.75. The van der Waals surface area contributed by atoms with Crippen molar-refractivity contribution in [2.75, 3.05) is 20.2 Å². The van der Waals surface area contributed by atoms with E-state index in [0.29, 0.717) is 6.54 Å². The van der Waals surface area contributed by atoms with Crippen molar-refractivity contribution >= 4 is 16.0 Å². The van der Waals surface area contributed by atoms with E-state index in [0.717, 1.165) is 11.1 Å². The van der Waals surface area contributed by atoms with Crippen molar-refractivity contribution in [1.82, 2.24) is 4.31 Å². The van der Waals surface area contributed by atoms with Gasteiger partial charge in [0.1, 0.15) is 0 Å². The van der Waals surface area contributed by atoms with E-state index in [2.05, 4.69) is 4.74 Å². The van der Waals surface area contributed by atoms with Gasteiger partial charge in [-0.2, -0.15) is 4.31 Å². The Bertz CT molecular complexity index is 687. The molecule has 1 aliphatic rings. The van der Waals surface area contributed by atoms with Crippen LogP contribution in [0.2, 0.25) is 0 Å². The largest absolute Gasteiger partial charge is 0.466 e. The quantitative estimate of drug-likeness (QED) is 0.627. The van der Waals surface area contributed by atoms with Crippen LogP contribution in [0, 0.1) is 6.92 Å². The summed E-state index contributed by atoms with van der Waals surface area (Å²) in [6.07, 6.45) is 4.65. The molecule has 6 heteroatoms. The van der Waals surface area contributed by atoms with Gasteiger partial charge in [0.25, 0.3) is 0 Å². The fraction of sp³-hybridized carbons (Fsp3) is 0.267. The molecule has 0 radical (unpaired) electrons. The average Bonchev–Trinajstić information content (AvgIpc) is 2.95. The van der Waals surface area contributed by atoms with Crippen molar-refractivity contribution in [2.24, 2.45) is 0 Å². The van der Waals surface area contributed by atoms with E-state index in [1.165, 1.54) is 17.5 Å². The molecule has 0 saturated heterocycles. The number of aryl methyl sites for hydroxylation is 1. The van der Waals surface area contributed by atoms with Gasteiger partial charge < -0.3 is 4.74 Å². The lowest BCUT2D eigenvalue weighted by Gasteiger charge is -2.16. The van der Waals surface area contributed by atoms with Crippen molar-refractivity contribution in [1.29, 1.82) is 0 Å². The number of benzene rings is 1. The standard InChI is InChI=1S/C15H17NO4S/c1-12-3-6-14(7-4-12)21(18,19)16-10-9-13(11-16)5-8-15(17)20-2/h3-9H,10-11H2,1-2H3/b8-5+. The summed E-state index contributed by atoms with van der Waals surface area (Å²) in [6.45, 7) is 2.46. The number of hydrogen-bond donors (Lipinski definition) is 0. The highest BCUT2D eigenvalue weighted by molar-refractivity contribution is 7.89. The first-order valence-corrected chi connectivity index (χ1v) is 7.89. The van der Waals surface area contributed by atoms with Crippen molar-refractivity contribution < 1.29 is 17.9 Å². The molecule has 0 N–H and O–H groups in total. The molecule has 0 spiro atoms. The molecule has 0 bridgehead atoms. The van der Waals surface area contributed by atoms with Gasteiger partial charge in [0.15, 0.2) is 0 Å². The molecule has 1 heterocycles. The first kappa shape index (κ1) is 15.5. The topological polar surface area (TPSA) is 63.7 Å². The smallest absolute Gasteiger partial charge is 0.330 e. The zero-order valence-electron chi connectivity index (χ0n) is 11.9. The maximum atomic E-state index is 12.5. The number of ether oxygens (including phenoxy) is 1. The molecule has 1 aliphatic heterocycles. The van der Waals surface area contributed by atoms with Crippen molar-refractivity contribution in [3.8, 4) is 0 Å². The fourth-order valence-corrected chi connectivity index (χ4v) is 3.33. The molecule has 1 aromatic carbocycles. The monoisotopic (exact) mass is 307 g/mol.